The molecule has 0 bridgehead atoms. The van der Waals surface area contributed by atoms with Crippen LogP contribution in [-0.2, 0) is 16.8 Å². The quantitative estimate of drug-likeness (QED) is 0.303. The van der Waals surface area contributed by atoms with Crippen LogP contribution in [0.15, 0.2) is 36.4 Å². The van der Waals surface area contributed by atoms with Gasteiger partial charge in [-0.25, -0.2) is 0 Å². The van der Waals surface area contributed by atoms with Gasteiger partial charge in [0.25, 0.3) is 0 Å². The molecule has 0 saturated carbocycles. The monoisotopic (exact) mass is 516 g/mol. The van der Waals surface area contributed by atoms with Gasteiger partial charge in [0.2, 0.25) is 5.24 Å². The van der Waals surface area contributed by atoms with Gasteiger partial charge in [-0.1, -0.05) is 26.0 Å². The number of halogens is 1. The Bertz CT molecular complexity index is 1070. The summed E-state index contributed by atoms with van der Waals surface area (Å²) in [7, 11) is 8.21. The molecule has 0 aliphatic heterocycles. The molecule has 0 aliphatic rings. The van der Waals surface area contributed by atoms with Crippen LogP contribution < -0.4 is 18.9 Å². The number of hydrogen-bond acceptors (Lipinski definition) is 7. The lowest BCUT2D eigenvalue weighted by atomic mass is 9.69. The predicted octanol–water partition coefficient (Wildman–Crippen LogP) is 5.57. The molecule has 0 aliphatic carbocycles. The first-order valence-electron chi connectivity index (χ1n) is 11.9. The van der Waals surface area contributed by atoms with E-state index in [0.717, 1.165) is 11.1 Å². The van der Waals surface area contributed by atoms with Gasteiger partial charge in [-0.2, -0.15) is 5.26 Å². The molecular formula is C28H37ClN2O5. The molecule has 36 heavy (non-hydrogen) atoms. The smallest absolute Gasteiger partial charge is 0.238 e. The highest BCUT2D eigenvalue weighted by Gasteiger charge is 2.37. The lowest BCUT2D eigenvalue weighted by Gasteiger charge is -2.33. The topological polar surface area (TPSA) is 81.0 Å². The number of carbonyl (C=O) groups is 1. The first-order chi connectivity index (χ1) is 17.2. The molecule has 0 N–H and O–H groups in total. The molecule has 0 heterocycles. The number of rotatable bonds is 14. The SMILES string of the molecule is COc1ccc(CN(C)C(CCCC(C#N)(c2ccc(OC)c(OC)c2)C(C)C)C(=O)Cl)cc1OC. The van der Waals surface area contributed by atoms with Crippen LogP contribution in [0.3, 0.4) is 0 Å². The Morgan fingerprint density at radius 3 is 2.03 bits per heavy atom. The maximum absolute atomic E-state index is 12.4. The summed E-state index contributed by atoms with van der Waals surface area (Å²) in [6.07, 6.45) is 1.73. The minimum Gasteiger partial charge on any atom is -0.493 e. The lowest BCUT2D eigenvalue weighted by Crippen LogP contribution is -2.37. The van der Waals surface area contributed by atoms with Gasteiger partial charge in [-0.15, -0.1) is 0 Å². The van der Waals surface area contributed by atoms with E-state index in [4.69, 9.17) is 30.5 Å². The molecule has 2 aromatic rings. The van der Waals surface area contributed by atoms with Crippen LogP contribution in [0.5, 0.6) is 23.0 Å². The highest BCUT2D eigenvalue weighted by molar-refractivity contribution is 6.64. The van der Waals surface area contributed by atoms with E-state index in [9.17, 15) is 10.1 Å². The Labute approximate surface area is 219 Å². The molecular weight excluding hydrogens is 480 g/mol. The van der Waals surface area contributed by atoms with Gasteiger partial charge in [0.15, 0.2) is 23.0 Å². The first kappa shape index (κ1) is 29.3. The summed E-state index contributed by atoms with van der Waals surface area (Å²) in [5.74, 6) is 2.50. The minimum absolute atomic E-state index is 0.0373. The summed E-state index contributed by atoms with van der Waals surface area (Å²) in [4.78, 5) is 14.3. The van der Waals surface area contributed by atoms with Crippen LogP contribution in [0.4, 0.5) is 0 Å². The summed E-state index contributed by atoms with van der Waals surface area (Å²) in [5.41, 5.74) is 1.09. The number of hydrogen-bond donors (Lipinski definition) is 0. The maximum atomic E-state index is 12.4. The van der Waals surface area contributed by atoms with Gasteiger partial charge in [0.1, 0.15) is 0 Å². The van der Waals surface area contributed by atoms with Gasteiger partial charge in [0, 0.05) is 6.54 Å². The number of nitriles is 1. The summed E-state index contributed by atoms with van der Waals surface area (Å²) in [6.45, 7) is 4.58. The molecule has 2 atom stereocenters. The fourth-order valence-corrected chi connectivity index (χ4v) is 4.86. The highest BCUT2D eigenvalue weighted by Crippen LogP contribution is 2.41. The Hall–Kier alpha value is -2.95. The van der Waals surface area contributed by atoms with Crippen LogP contribution in [0, 0.1) is 17.2 Å². The Kier molecular flexibility index (Phi) is 10.9. The number of likely N-dealkylation sites (N-methyl/N-ethyl adjacent to an activating group) is 1. The minimum atomic E-state index is -0.749. The second-order valence-electron chi connectivity index (χ2n) is 9.12. The lowest BCUT2D eigenvalue weighted by molar-refractivity contribution is -0.116. The molecule has 0 saturated heterocycles. The van der Waals surface area contributed by atoms with Gasteiger partial charge >= 0.3 is 0 Å². The zero-order chi connectivity index (χ0) is 26.9. The van der Waals surface area contributed by atoms with Crippen LogP contribution in [-0.4, -0.2) is 51.7 Å². The molecule has 8 heteroatoms. The Morgan fingerprint density at radius 2 is 1.53 bits per heavy atom. The number of nitrogens with zero attached hydrogens (tertiary/aromatic N) is 2. The van der Waals surface area contributed by atoms with E-state index in [1.165, 1.54) is 0 Å². The van der Waals surface area contributed by atoms with Crippen molar-refractivity contribution in [3.63, 3.8) is 0 Å². The standard InChI is InChI=1S/C28H37ClN2O5/c1-19(2)28(18-30,21-11-13-24(34-5)26(16-21)36-7)14-8-9-22(27(29)32)31(3)17-20-10-12-23(33-4)25(15-20)35-6/h10-13,15-16,19,22H,8-9,14,17H2,1-7H3. The molecule has 0 radical (unpaired) electrons. The molecule has 2 unspecified atom stereocenters. The molecule has 0 aromatic heterocycles. The van der Waals surface area contributed by atoms with Crippen molar-refractivity contribution >= 4 is 16.8 Å². The van der Waals surface area contributed by atoms with E-state index in [1.807, 2.05) is 62.2 Å². The van der Waals surface area contributed by atoms with Gasteiger partial charge in [-0.05, 0) is 79.2 Å². The Morgan fingerprint density at radius 1 is 0.972 bits per heavy atom. The second-order valence-corrected chi connectivity index (χ2v) is 9.50. The van der Waals surface area contributed by atoms with Crippen molar-refractivity contribution < 1.29 is 23.7 Å². The molecule has 196 valence electrons. The first-order valence-corrected chi connectivity index (χ1v) is 12.3. The van der Waals surface area contributed by atoms with E-state index >= 15 is 0 Å². The summed E-state index contributed by atoms with van der Waals surface area (Å²) >= 11 is 6.03. The summed E-state index contributed by atoms with van der Waals surface area (Å²) in [5, 5.41) is 9.89. The molecule has 2 rings (SSSR count). The highest BCUT2D eigenvalue weighted by atomic mass is 35.5. The summed E-state index contributed by atoms with van der Waals surface area (Å²) < 4.78 is 21.5. The van der Waals surface area contributed by atoms with Gasteiger partial charge < -0.3 is 18.9 Å². The number of ether oxygens (including phenoxy) is 4. The van der Waals surface area contributed by atoms with Crippen molar-refractivity contribution in [1.82, 2.24) is 4.90 Å². The van der Waals surface area contributed by atoms with Crippen LogP contribution in [0.25, 0.3) is 0 Å². The third kappa shape index (κ3) is 6.63. The zero-order valence-electron chi connectivity index (χ0n) is 22.3. The molecule has 0 fully saturated rings. The predicted molar refractivity (Wildman–Crippen MR) is 141 cm³/mol. The van der Waals surface area contributed by atoms with Crippen molar-refractivity contribution in [2.45, 2.75) is 51.1 Å². The van der Waals surface area contributed by atoms with E-state index in [1.54, 1.807) is 28.4 Å². The van der Waals surface area contributed by atoms with Crippen LogP contribution in [0.1, 0.15) is 44.2 Å². The molecule has 0 amide bonds. The average molecular weight is 517 g/mol. The molecule has 7 nitrogen and oxygen atoms in total. The third-order valence-corrected chi connectivity index (χ3v) is 7.06. The average Bonchev–Trinajstić information content (AvgIpc) is 2.87. The number of methoxy groups -OCH3 is 4. The van der Waals surface area contributed by atoms with Gasteiger partial charge in [-0.3, -0.25) is 9.69 Å². The molecule has 0 spiro atoms. The second kappa shape index (κ2) is 13.4. The number of benzene rings is 2. The van der Waals surface area contributed by atoms with Crippen molar-refractivity contribution in [3.8, 4) is 29.1 Å². The van der Waals surface area contributed by atoms with Crippen LogP contribution >= 0.6 is 11.6 Å². The van der Waals surface area contributed by atoms with Crippen molar-refractivity contribution in [3.05, 3.63) is 47.5 Å². The zero-order valence-corrected chi connectivity index (χ0v) is 23.0. The van der Waals surface area contributed by atoms with E-state index in [2.05, 4.69) is 6.07 Å². The van der Waals surface area contributed by atoms with Crippen molar-refractivity contribution in [2.24, 2.45) is 5.92 Å². The normalized spacial score (nSPS) is 13.6. The fraction of sp³-hybridized carbons (Fsp3) is 0.500. The van der Waals surface area contributed by atoms with Gasteiger partial charge in [0.05, 0.1) is 46.0 Å². The Balaban J connectivity index is 2.20. The largest absolute Gasteiger partial charge is 0.493 e. The van der Waals surface area contributed by atoms with E-state index in [-0.39, 0.29) is 5.92 Å². The number of carbonyl (C=O) groups excluding carboxylic acids is 1. The van der Waals surface area contributed by atoms with E-state index < -0.39 is 16.7 Å². The van der Waals surface area contributed by atoms with Crippen molar-refractivity contribution in [1.29, 1.82) is 5.26 Å². The third-order valence-electron chi connectivity index (χ3n) is 6.81. The van der Waals surface area contributed by atoms with Crippen molar-refractivity contribution in [2.75, 3.05) is 35.5 Å². The van der Waals surface area contributed by atoms with E-state index in [0.29, 0.717) is 48.8 Å². The summed E-state index contributed by atoms with van der Waals surface area (Å²) in [6, 6.07) is 13.3. The fourth-order valence-electron chi connectivity index (χ4n) is 4.59. The van der Waals surface area contributed by atoms with Crippen LogP contribution in [0.2, 0.25) is 0 Å². The molecule has 2 aromatic carbocycles. The maximum Gasteiger partial charge on any atom is 0.238 e.